The van der Waals surface area contributed by atoms with Crippen molar-refractivity contribution in [3.05, 3.63) is 29.3 Å². The fraction of sp³-hybridized carbons (Fsp3) is 0.556. The van der Waals surface area contributed by atoms with Gasteiger partial charge in [-0.05, 0) is 32.9 Å². The quantitative estimate of drug-likeness (QED) is 0.815. The van der Waals surface area contributed by atoms with E-state index in [1.165, 1.54) is 0 Å². The molecule has 1 aliphatic heterocycles. The van der Waals surface area contributed by atoms with Gasteiger partial charge in [0.2, 0.25) is 5.95 Å². The summed E-state index contributed by atoms with van der Waals surface area (Å²) >= 11 is 6.38. The van der Waals surface area contributed by atoms with Gasteiger partial charge in [0, 0.05) is 25.8 Å². The summed E-state index contributed by atoms with van der Waals surface area (Å²) < 4.78 is 13.4. The Morgan fingerprint density at radius 3 is 2.76 bits per heavy atom. The first-order valence-electron chi connectivity index (χ1n) is 8.51. The summed E-state index contributed by atoms with van der Waals surface area (Å²) in [6, 6.07) is 7.70. The molecule has 0 unspecified atom stereocenters. The van der Waals surface area contributed by atoms with E-state index in [-0.39, 0.29) is 11.7 Å². The van der Waals surface area contributed by atoms with Crippen LogP contribution >= 0.6 is 11.6 Å². The Morgan fingerprint density at radius 2 is 2.08 bits per heavy atom. The maximum absolute atomic E-state index is 6.38. The third kappa shape index (κ3) is 3.97. The van der Waals surface area contributed by atoms with Gasteiger partial charge < -0.3 is 14.4 Å². The molecule has 7 heteroatoms. The van der Waals surface area contributed by atoms with Crippen molar-refractivity contribution in [3.8, 4) is 11.4 Å². The number of hydrogen-bond donors (Lipinski definition) is 0. The van der Waals surface area contributed by atoms with Crippen molar-refractivity contribution in [2.24, 2.45) is 0 Å². The molecule has 1 saturated heterocycles. The molecule has 1 fully saturated rings. The first kappa shape index (κ1) is 18.2. The second kappa shape index (κ2) is 7.32. The number of hydrogen-bond acceptors (Lipinski definition) is 5. The summed E-state index contributed by atoms with van der Waals surface area (Å²) in [6.07, 6.45) is 0.125. The van der Waals surface area contributed by atoms with Crippen molar-refractivity contribution >= 4 is 17.5 Å². The lowest BCUT2D eigenvalue weighted by molar-refractivity contribution is -0.0755. The largest absolute Gasteiger partial charge is 0.383 e. The van der Waals surface area contributed by atoms with Crippen molar-refractivity contribution in [3.63, 3.8) is 0 Å². The molecule has 0 radical (unpaired) electrons. The maximum Gasteiger partial charge on any atom is 0.227 e. The highest BCUT2D eigenvalue weighted by atomic mass is 35.5. The van der Waals surface area contributed by atoms with E-state index in [9.17, 15) is 0 Å². The number of anilines is 1. The number of methoxy groups -OCH3 is 1. The van der Waals surface area contributed by atoms with E-state index in [2.05, 4.69) is 40.4 Å². The van der Waals surface area contributed by atoms with Crippen LogP contribution in [0.15, 0.2) is 24.3 Å². The first-order valence-corrected chi connectivity index (χ1v) is 8.89. The van der Waals surface area contributed by atoms with Crippen LogP contribution < -0.4 is 4.90 Å². The summed E-state index contributed by atoms with van der Waals surface area (Å²) in [5.41, 5.74) is 0.639. The molecule has 1 atom stereocenters. The van der Waals surface area contributed by atoms with Crippen LogP contribution in [0.1, 0.15) is 20.8 Å². The van der Waals surface area contributed by atoms with E-state index in [1.54, 1.807) is 7.11 Å². The van der Waals surface area contributed by atoms with Gasteiger partial charge in [0.25, 0.3) is 0 Å². The Balaban J connectivity index is 2.01. The molecule has 25 heavy (non-hydrogen) atoms. The highest BCUT2D eigenvalue weighted by molar-refractivity contribution is 6.33. The minimum atomic E-state index is -0.236. The fourth-order valence-corrected chi connectivity index (χ4v) is 3.59. The number of morpholine rings is 1. The fourth-order valence-electron chi connectivity index (χ4n) is 3.37. The molecule has 2 aromatic rings. The maximum atomic E-state index is 6.38. The average Bonchev–Trinajstić information content (AvgIpc) is 2.95. The molecule has 0 N–H and O–H groups in total. The van der Waals surface area contributed by atoms with Crippen LogP contribution in [0.4, 0.5) is 5.95 Å². The summed E-state index contributed by atoms with van der Waals surface area (Å²) in [4.78, 5) is 2.23. The van der Waals surface area contributed by atoms with Crippen LogP contribution in [0, 0.1) is 0 Å². The van der Waals surface area contributed by atoms with Gasteiger partial charge in [0.1, 0.15) is 0 Å². The molecular weight excluding hydrogens is 340 g/mol. The lowest BCUT2D eigenvalue weighted by Gasteiger charge is -2.42. The van der Waals surface area contributed by atoms with Crippen LogP contribution in [0.25, 0.3) is 11.4 Å². The zero-order chi connectivity index (χ0) is 18.0. The van der Waals surface area contributed by atoms with Gasteiger partial charge in [-0.25, -0.2) is 0 Å². The Morgan fingerprint density at radius 1 is 1.32 bits per heavy atom. The van der Waals surface area contributed by atoms with Gasteiger partial charge in [-0.15, -0.1) is 10.2 Å². The molecule has 2 heterocycles. The van der Waals surface area contributed by atoms with E-state index >= 15 is 0 Å². The van der Waals surface area contributed by atoms with Crippen molar-refractivity contribution < 1.29 is 9.47 Å². The normalized spacial score (nSPS) is 20.0. The third-order valence-electron chi connectivity index (χ3n) is 4.22. The topological polar surface area (TPSA) is 52.4 Å². The summed E-state index contributed by atoms with van der Waals surface area (Å²) in [5.74, 6) is 1.59. The summed E-state index contributed by atoms with van der Waals surface area (Å²) in [5, 5.41) is 9.58. The second-order valence-electron chi connectivity index (χ2n) is 7.02. The van der Waals surface area contributed by atoms with Gasteiger partial charge in [0.15, 0.2) is 5.82 Å². The Labute approximate surface area is 153 Å². The van der Waals surface area contributed by atoms with Crippen molar-refractivity contribution in [1.82, 2.24) is 14.8 Å². The minimum absolute atomic E-state index is 0.125. The molecule has 0 saturated carbocycles. The SMILES string of the molecule is COCCn1c(-c2ccccc2Cl)nnc1N1C[C@H](C)OC(C)(C)C1. The monoisotopic (exact) mass is 364 g/mol. The van der Waals surface area contributed by atoms with E-state index < -0.39 is 0 Å². The molecular formula is C18H25ClN4O2. The number of benzene rings is 1. The lowest BCUT2D eigenvalue weighted by Crippen LogP contribution is -2.52. The Kier molecular flexibility index (Phi) is 5.32. The summed E-state index contributed by atoms with van der Waals surface area (Å²) in [7, 11) is 1.69. The van der Waals surface area contributed by atoms with Crippen LogP contribution in [0.3, 0.4) is 0 Å². The van der Waals surface area contributed by atoms with E-state index in [0.29, 0.717) is 18.2 Å². The molecule has 0 amide bonds. The van der Waals surface area contributed by atoms with E-state index in [4.69, 9.17) is 21.1 Å². The number of aromatic nitrogens is 3. The Hall–Kier alpha value is -1.63. The highest BCUT2D eigenvalue weighted by Crippen LogP contribution is 2.31. The number of nitrogens with zero attached hydrogens (tertiary/aromatic N) is 4. The molecule has 6 nitrogen and oxygen atoms in total. The molecule has 0 bridgehead atoms. The highest BCUT2D eigenvalue weighted by Gasteiger charge is 2.34. The standard InChI is InChI=1S/C18H25ClN4O2/c1-13-11-22(12-18(2,3)25-13)17-21-20-16(23(17)9-10-24-4)14-7-5-6-8-15(14)19/h5-8,13H,9-12H2,1-4H3/t13-/m0/s1. The number of halogens is 1. The average molecular weight is 365 g/mol. The van der Waals surface area contributed by atoms with Gasteiger partial charge in [0.05, 0.1) is 29.9 Å². The van der Waals surface area contributed by atoms with Gasteiger partial charge in [-0.2, -0.15) is 0 Å². The number of rotatable bonds is 5. The minimum Gasteiger partial charge on any atom is -0.383 e. The van der Waals surface area contributed by atoms with Crippen LogP contribution in [-0.2, 0) is 16.0 Å². The van der Waals surface area contributed by atoms with Crippen LogP contribution in [0.5, 0.6) is 0 Å². The van der Waals surface area contributed by atoms with Crippen molar-refractivity contribution in [2.45, 2.75) is 39.0 Å². The third-order valence-corrected chi connectivity index (χ3v) is 4.55. The molecule has 1 aromatic heterocycles. The first-order chi connectivity index (χ1) is 11.9. The molecule has 0 aliphatic carbocycles. The molecule has 3 rings (SSSR count). The van der Waals surface area contributed by atoms with Gasteiger partial charge in [-0.1, -0.05) is 23.7 Å². The summed E-state index contributed by atoms with van der Waals surface area (Å²) in [6.45, 7) is 9.04. The van der Waals surface area contributed by atoms with E-state index in [0.717, 1.165) is 30.4 Å². The van der Waals surface area contributed by atoms with Crippen molar-refractivity contribution in [2.75, 3.05) is 31.7 Å². The predicted octanol–water partition coefficient (Wildman–Crippen LogP) is 3.25. The lowest BCUT2D eigenvalue weighted by atomic mass is 10.1. The molecule has 136 valence electrons. The zero-order valence-corrected chi connectivity index (χ0v) is 16.0. The zero-order valence-electron chi connectivity index (χ0n) is 15.2. The Bertz CT molecular complexity index is 732. The molecule has 1 aromatic carbocycles. The van der Waals surface area contributed by atoms with Crippen LogP contribution in [0.2, 0.25) is 5.02 Å². The number of ether oxygens (including phenoxy) is 2. The van der Waals surface area contributed by atoms with Gasteiger partial charge >= 0.3 is 0 Å². The van der Waals surface area contributed by atoms with E-state index in [1.807, 2.05) is 24.3 Å². The van der Waals surface area contributed by atoms with Gasteiger partial charge in [-0.3, -0.25) is 4.57 Å². The molecule has 0 spiro atoms. The van der Waals surface area contributed by atoms with Crippen molar-refractivity contribution in [1.29, 1.82) is 0 Å². The molecule has 1 aliphatic rings. The second-order valence-corrected chi connectivity index (χ2v) is 7.42. The predicted molar refractivity (Wildman–Crippen MR) is 99.2 cm³/mol. The smallest absolute Gasteiger partial charge is 0.227 e. The van der Waals surface area contributed by atoms with Crippen LogP contribution in [-0.4, -0.2) is 53.3 Å².